The van der Waals surface area contributed by atoms with E-state index in [0.717, 1.165) is 11.3 Å². The van der Waals surface area contributed by atoms with Crippen LogP contribution >= 0.6 is 11.3 Å². The van der Waals surface area contributed by atoms with Crippen molar-refractivity contribution in [3.63, 3.8) is 0 Å². The molecule has 0 aliphatic carbocycles. The smallest absolute Gasteiger partial charge is 0.263 e. The molecule has 0 fully saturated rings. The van der Waals surface area contributed by atoms with Gasteiger partial charge in [0.25, 0.3) is 5.91 Å². The van der Waals surface area contributed by atoms with Gasteiger partial charge in [-0.25, -0.2) is 15.0 Å². The minimum Gasteiger partial charge on any atom is -0.344 e. The van der Waals surface area contributed by atoms with Crippen LogP contribution in [0.5, 0.6) is 0 Å². The number of fused-ring (bicyclic) bond motifs is 1. The van der Waals surface area contributed by atoms with Crippen LogP contribution in [-0.4, -0.2) is 35.5 Å². The Balaban J connectivity index is 1.55. The summed E-state index contributed by atoms with van der Waals surface area (Å²) in [5, 5.41) is 11.7. The number of carbonyl (C=O) groups is 1. The molecule has 130 valence electrons. The van der Waals surface area contributed by atoms with Gasteiger partial charge in [-0.05, 0) is 24.6 Å². The molecular formula is C17H15N7OS. The van der Waals surface area contributed by atoms with Crippen LogP contribution < -0.4 is 5.32 Å². The lowest BCUT2D eigenvalue weighted by Gasteiger charge is -2.03. The van der Waals surface area contributed by atoms with Gasteiger partial charge in [-0.15, -0.1) is 21.5 Å². The molecule has 9 heteroatoms. The molecule has 4 rings (SSSR count). The molecule has 8 nitrogen and oxygen atoms in total. The van der Waals surface area contributed by atoms with E-state index in [9.17, 15) is 4.79 Å². The van der Waals surface area contributed by atoms with Gasteiger partial charge in [-0.3, -0.25) is 9.20 Å². The van der Waals surface area contributed by atoms with Gasteiger partial charge >= 0.3 is 0 Å². The van der Waals surface area contributed by atoms with Crippen molar-refractivity contribution in [2.45, 2.75) is 19.9 Å². The number of nitrogens with one attached hydrogen (secondary N) is 1. The number of rotatable bonds is 5. The normalized spacial score (nSPS) is 11.0. The highest BCUT2D eigenvalue weighted by Crippen LogP contribution is 2.26. The molecular weight excluding hydrogens is 350 g/mol. The number of aryl methyl sites for hydroxylation is 1. The maximum atomic E-state index is 12.7. The summed E-state index contributed by atoms with van der Waals surface area (Å²) in [7, 11) is 0. The van der Waals surface area contributed by atoms with Crippen molar-refractivity contribution in [1.29, 1.82) is 0 Å². The lowest BCUT2D eigenvalue weighted by Crippen LogP contribution is -2.24. The number of pyridine rings is 1. The molecule has 0 aliphatic rings. The second-order valence-electron chi connectivity index (χ2n) is 5.45. The number of nitrogens with zero attached hydrogens (tertiary/aromatic N) is 6. The minimum atomic E-state index is -0.186. The zero-order valence-corrected chi connectivity index (χ0v) is 14.8. The monoisotopic (exact) mass is 365 g/mol. The standard InChI is InChI=1S/C17H15N7OS/c1-2-11-14(26-17(21-11)15-18-7-5-8-19-15)16(25)20-10-13-23-22-12-6-3-4-9-24(12)13/h3-9H,2,10H2,1H3,(H,20,25). The van der Waals surface area contributed by atoms with E-state index < -0.39 is 0 Å². The maximum absolute atomic E-state index is 12.7. The lowest BCUT2D eigenvalue weighted by atomic mass is 10.3. The first-order valence-electron chi connectivity index (χ1n) is 8.10. The zero-order valence-electron chi connectivity index (χ0n) is 14.0. The summed E-state index contributed by atoms with van der Waals surface area (Å²) in [4.78, 5) is 26.2. The van der Waals surface area contributed by atoms with Crippen LogP contribution in [-0.2, 0) is 13.0 Å². The molecule has 0 saturated heterocycles. The fraction of sp³-hybridized carbons (Fsp3) is 0.176. The Labute approximate surface area is 153 Å². The third-order valence-corrected chi connectivity index (χ3v) is 4.88. The van der Waals surface area contributed by atoms with E-state index in [2.05, 4.69) is 30.5 Å². The Morgan fingerprint density at radius 1 is 1.19 bits per heavy atom. The molecule has 0 aliphatic heterocycles. The van der Waals surface area contributed by atoms with Crippen molar-refractivity contribution in [3.8, 4) is 10.8 Å². The number of thiazole rings is 1. The summed E-state index contributed by atoms with van der Waals surface area (Å²) in [5.74, 6) is 1.01. The highest BCUT2D eigenvalue weighted by molar-refractivity contribution is 7.17. The first-order valence-corrected chi connectivity index (χ1v) is 8.92. The van der Waals surface area contributed by atoms with E-state index in [0.29, 0.717) is 28.0 Å². The molecule has 0 bridgehead atoms. The summed E-state index contributed by atoms with van der Waals surface area (Å²) in [6.45, 7) is 2.25. The summed E-state index contributed by atoms with van der Waals surface area (Å²) < 4.78 is 1.84. The predicted molar refractivity (Wildman–Crippen MR) is 96.7 cm³/mol. The van der Waals surface area contributed by atoms with Gasteiger partial charge in [0.05, 0.1) is 12.2 Å². The first-order chi connectivity index (χ1) is 12.8. The van der Waals surface area contributed by atoms with E-state index in [1.807, 2.05) is 35.7 Å². The Hall–Kier alpha value is -3.20. The summed E-state index contributed by atoms with van der Waals surface area (Å²) in [5.41, 5.74) is 1.48. The van der Waals surface area contributed by atoms with Crippen molar-refractivity contribution in [2.75, 3.05) is 0 Å². The molecule has 0 atom stereocenters. The van der Waals surface area contributed by atoms with Crippen LogP contribution in [0, 0.1) is 0 Å². The summed E-state index contributed by atoms with van der Waals surface area (Å²) >= 11 is 1.30. The number of hydrogen-bond acceptors (Lipinski definition) is 7. The van der Waals surface area contributed by atoms with Crippen molar-refractivity contribution < 1.29 is 4.79 Å². The Morgan fingerprint density at radius 3 is 2.85 bits per heavy atom. The molecule has 26 heavy (non-hydrogen) atoms. The van der Waals surface area contributed by atoms with Gasteiger partial charge in [0, 0.05) is 18.6 Å². The second-order valence-corrected chi connectivity index (χ2v) is 6.45. The molecule has 4 heterocycles. The molecule has 1 amide bonds. The zero-order chi connectivity index (χ0) is 17.9. The molecule has 0 radical (unpaired) electrons. The molecule has 0 unspecified atom stereocenters. The highest BCUT2D eigenvalue weighted by Gasteiger charge is 2.19. The Bertz CT molecular complexity index is 1060. The average Bonchev–Trinajstić information content (AvgIpc) is 3.31. The van der Waals surface area contributed by atoms with Crippen LogP contribution in [0.1, 0.15) is 28.1 Å². The van der Waals surface area contributed by atoms with Gasteiger partial charge in [0.15, 0.2) is 22.3 Å². The number of carbonyl (C=O) groups excluding carboxylic acids is 1. The number of aromatic nitrogens is 6. The fourth-order valence-corrected chi connectivity index (χ4v) is 3.54. The molecule has 0 aromatic carbocycles. The molecule has 0 saturated carbocycles. The average molecular weight is 365 g/mol. The van der Waals surface area contributed by atoms with Crippen LogP contribution in [0.15, 0.2) is 42.9 Å². The first kappa shape index (κ1) is 16.3. The van der Waals surface area contributed by atoms with Crippen LogP contribution in [0.3, 0.4) is 0 Å². The topological polar surface area (TPSA) is 98.0 Å². The summed E-state index contributed by atoms with van der Waals surface area (Å²) in [6, 6.07) is 7.40. The van der Waals surface area contributed by atoms with Gasteiger partial charge in [-0.1, -0.05) is 13.0 Å². The fourth-order valence-electron chi connectivity index (χ4n) is 2.53. The third-order valence-electron chi connectivity index (χ3n) is 3.79. The number of hydrogen-bond donors (Lipinski definition) is 1. The van der Waals surface area contributed by atoms with Crippen molar-refractivity contribution in [2.24, 2.45) is 0 Å². The van der Waals surface area contributed by atoms with Gasteiger partial charge in [0.1, 0.15) is 4.88 Å². The van der Waals surface area contributed by atoms with Gasteiger partial charge in [-0.2, -0.15) is 0 Å². The minimum absolute atomic E-state index is 0.186. The SMILES string of the molecule is CCc1nc(-c2ncccn2)sc1C(=O)NCc1nnc2ccccn12. The highest BCUT2D eigenvalue weighted by atomic mass is 32.1. The van der Waals surface area contributed by atoms with E-state index in [1.54, 1.807) is 18.5 Å². The van der Waals surface area contributed by atoms with E-state index in [1.165, 1.54) is 11.3 Å². The van der Waals surface area contributed by atoms with E-state index in [4.69, 9.17) is 0 Å². The summed E-state index contributed by atoms with van der Waals surface area (Å²) in [6.07, 6.45) is 5.84. The Kier molecular flexibility index (Phi) is 4.36. The number of amides is 1. The maximum Gasteiger partial charge on any atom is 0.263 e. The van der Waals surface area contributed by atoms with Crippen molar-refractivity contribution in [1.82, 2.24) is 34.9 Å². The quantitative estimate of drug-likeness (QED) is 0.582. The van der Waals surface area contributed by atoms with E-state index >= 15 is 0 Å². The largest absolute Gasteiger partial charge is 0.344 e. The third kappa shape index (κ3) is 3.04. The van der Waals surface area contributed by atoms with Crippen LogP contribution in [0.2, 0.25) is 0 Å². The van der Waals surface area contributed by atoms with Crippen molar-refractivity contribution in [3.05, 3.63) is 59.3 Å². The van der Waals surface area contributed by atoms with Gasteiger partial charge < -0.3 is 5.32 Å². The molecule has 1 N–H and O–H groups in total. The van der Waals surface area contributed by atoms with Crippen molar-refractivity contribution >= 4 is 22.9 Å². The van der Waals surface area contributed by atoms with Crippen LogP contribution in [0.4, 0.5) is 0 Å². The molecule has 4 aromatic heterocycles. The predicted octanol–water partition coefficient (Wildman–Crippen LogP) is 2.14. The van der Waals surface area contributed by atoms with E-state index in [-0.39, 0.29) is 12.5 Å². The lowest BCUT2D eigenvalue weighted by molar-refractivity contribution is 0.0952. The second kappa shape index (κ2) is 6.96. The molecule has 4 aromatic rings. The Morgan fingerprint density at radius 2 is 2.04 bits per heavy atom. The van der Waals surface area contributed by atoms with Gasteiger partial charge in [0.2, 0.25) is 0 Å². The molecule has 0 spiro atoms. The van der Waals surface area contributed by atoms with Crippen LogP contribution in [0.25, 0.3) is 16.5 Å².